The molecule has 49 heavy (non-hydrogen) atoms. The van der Waals surface area contributed by atoms with Crippen LogP contribution in [0.5, 0.6) is 5.88 Å². The number of anilines is 1. The number of hydrogen-bond acceptors (Lipinski definition) is 13. The number of likely N-dealkylation sites (tertiary alicyclic amines) is 1. The molecular weight excluding hydrogens is 646 g/mol. The summed E-state index contributed by atoms with van der Waals surface area (Å²) in [5.74, 6) is 1.17. The van der Waals surface area contributed by atoms with Gasteiger partial charge in [-0.25, -0.2) is 9.67 Å². The molecular formula is C34H41N9O5S. The number of thiophene rings is 1. The molecule has 0 saturated carbocycles. The van der Waals surface area contributed by atoms with Crippen molar-refractivity contribution >= 4 is 22.2 Å². The minimum absolute atomic E-state index is 0.0183. The second-order valence-electron chi connectivity index (χ2n) is 13.0. The van der Waals surface area contributed by atoms with Gasteiger partial charge in [-0.15, -0.1) is 11.3 Å². The van der Waals surface area contributed by atoms with Crippen LogP contribution in [0.25, 0.3) is 17.4 Å². The highest BCUT2D eigenvalue weighted by Crippen LogP contribution is 2.54. The first-order valence-electron chi connectivity index (χ1n) is 16.7. The van der Waals surface area contributed by atoms with Gasteiger partial charge >= 0.3 is 0 Å². The molecule has 15 heteroatoms. The zero-order valence-electron chi connectivity index (χ0n) is 28.2. The van der Waals surface area contributed by atoms with E-state index in [1.807, 2.05) is 6.92 Å². The molecule has 4 aromatic rings. The lowest BCUT2D eigenvalue weighted by Gasteiger charge is -2.39. The monoisotopic (exact) mass is 687 g/mol. The summed E-state index contributed by atoms with van der Waals surface area (Å²) in [6.45, 7) is 3.66. The minimum Gasteiger partial charge on any atom is -0.473 e. The van der Waals surface area contributed by atoms with Gasteiger partial charge in [-0.05, 0) is 70.5 Å². The summed E-state index contributed by atoms with van der Waals surface area (Å²) in [5.41, 5.74) is 9.47. The van der Waals surface area contributed by atoms with Crippen molar-refractivity contribution in [1.82, 2.24) is 35.1 Å². The van der Waals surface area contributed by atoms with Gasteiger partial charge < -0.3 is 29.8 Å². The Balaban J connectivity index is 1.29. The third-order valence-corrected chi connectivity index (χ3v) is 11.2. The largest absolute Gasteiger partial charge is 0.473 e. The number of nitrogens with zero attached hydrogens (tertiary/aromatic N) is 7. The number of aromatic nitrogens is 5. The van der Waals surface area contributed by atoms with Crippen molar-refractivity contribution in [1.29, 1.82) is 5.26 Å². The van der Waals surface area contributed by atoms with E-state index in [1.54, 1.807) is 32.5 Å². The summed E-state index contributed by atoms with van der Waals surface area (Å²) in [5, 5.41) is 22.7. The van der Waals surface area contributed by atoms with Crippen LogP contribution in [0.1, 0.15) is 76.8 Å². The van der Waals surface area contributed by atoms with Crippen LogP contribution >= 0.6 is 11.3 Å². The highest BCUT2D eigenvalue weighted by molar-refractivity contribution is 7.16. The summed E-state index contributed by atoms with van der Waals surface area (Å²) < 4.78 is 25.0. The average Bonchev–Trinajstić information content (AvgIpc) is 3.90. The standard InChI is InChI=1S/C34H41N9O5S/c1-19(28-23(46-4)10-14-42(28)2)47-26-17-25(43-15-9-22(40-43)33(44)37-13-16-45-3)38-32(39-26)29-20-7-5-11-34(30(20)41-48-29)12-6-8-24-27(34)21(18-35)31(36)49-24/h9,15,17,19,23,28H,5-8,10-14,16,36H2,1-4H3,(H,37,44)/t19-,23-,28+,34-/m0/s1. The van der Waals surface area contributed by atoms with Crippen molar-refractivity contribution < 1.29 is 23.5 Å². The highest BCUT2D eigenvalue weighted by atomic mass is 32.1. The van der Waals surface area contributed by atoms with E-state index in [1.165, 1.54) is 16.0 Å². The van der Waals surface area contributed by atoms with Gasteiger partial charge in [0.15, 0.2) is 11.5 Å². The molecule has 258 valence electrons. The Kier molecular flexibility index (Phi) is 9.14. The van der Waals surface area contributed by atoms with Crippen LogP contribution in [-0.2, 0) is 27.7 Å². The van der Waals surface area contributed by atoms with E-state index in [9.17, 15) is 10.1 Å². The lowest BCUT2D eigenvalue weighted by atomic mass is 9.62. The van der Waals surface area contributed by atoms with E-state index in [0.717, 1.165) is 73.2 Å². The Hall–Kier alpha value is -4.36. The number of nitrogens with one attached hydrogen (secondary N) is 1. The number of amides is 1. The molecule has 1 fully saturated rings. The first kappa shape index (κ1) is 33.2. The Morgan fingerprint density at radius 3 is 2.88 bits per heavy atom. The number of nitrogen functional groups attached to an aromatic ring is 1. The summed E-state index contributed by atoms with van der Waals surface area (Å²) >= 11 is 1.51. The van der Waals surface area contributed by atoms with Crippen LogP contribution in [-0.4, -0.2) is 94.9 Å². The zero-order valence-corrected chi connectivity index (χ0v) is 29.0. The Labute approximate surface area is 288 Å². The smallest absolute Gasteiger partial charge is 0.271 e. The lowest BCUT2D eigenvalue weighted by Crippen LogP contribution is -2.44. The van der Waals surface area contributed by atoms with Gasteiger partial charge in [0.25, 0.3) is 5.91 Å². The molecule has 2 aliphatic carbocycles. The van der Waals surface area contributed by atoms with Crippen LogP contribution in [0.2, 0.25) is 0 Å². The maximum Gasteiger partial charge on any atom is 0.271 e. The molecule has 0 bridgehead atoms. The average molecular weight is 688 g/mol. The molecule has 3 aliphatic rings. The molecule has 1 aliphatic heterocycles. The fourth-order valence-electron chi connectivity index (χ4n) is 7.97. The molecule has 4 aromatic heterocycles. The Bertz CT molecular complexity index is 1890. The molecule has 0 unspecified atom stereocenters. The molecule has 0 aromatic carbocycles. The number of methoxy groups -OCH3 is 2. The molecule has 0 radical (unpaired) electrons. The van der Waals surface area contributed by atoms with E-state index >= 15 is 0 Å². The molecule has 7 rings (SSSR count). The van der Waals surface area contributed by atoms with Gasteiger partial charge in [0.05, 0.1) is 30.0 Å². The fraction of sp³-hybridized carbons (Fsp3) is 0.529. The first-order valence-corrected chi connectivity index (χ1v) is 17.5. The van der Waals surface area contributed by atoms with E-state index in [0.29, 0.717) is 47.0 Å². The number of nitriles is 1. The number of ether oxygens (including phenoxy) is 3. The third-order valence-electron chi connectivity index (χ3n) is 10.2. The van der Waals surface area contributed by atoms with E-state index < -0.39 is 5.41 Å². The maximum absolute atomic E-state index is 12.7. The van der Waals surface area contributed by atoms with E-state index in [-0.39, 0.29) is 29.9 Å². The summed E-state index contributed by atoms with van der Waals surface area (Å²) in [7, 11) is 5.37. The Morgan fingerprint density at radius 2 is 2.10 bits per heavy atom. The van der Waals surface area contributed by atoms with Crippen molar-refractivity contribution in [2.45, 2.75) is 75.5 Å². The Morgan fingerprint density at radius 1 is 1.29 bits per heavy atom. The number of likely N-dealkylation sites (N-methyl/N-ethyl adjacent to an activating group) is 1. The predicted octanol–water partition coefficient (Wildman–Crippen LogP) is 3.65. The van der Waals surface area contributed by atoms with Crippen LogP contribution < -0.4 is 15.8 Å². The van der Waals surface area contributed by atoms with Gasteiger partial charge in [0.2, 0.25) is 17.5 Å². The zero-order chi connectivity index (χ0) is 34.3. The molecule has 1 saturated heterocycles. The minimum atomic E-state index is -0.456. The van der Waals surface area contributed by atoms with Gasteiger partial charge in [0.1, 0.15) is 17.2 Å². The quantitative estimate of drug-likeness (QED) is 0.232. The van der Waals surface area contributed by atoms with Gasteiger partial charge in [-0.1, -0.05) is 5.16 Å². The second-order valence-corrected chi connectivity index (χ2v) is 14.2. The number of hydrogen-bond donors (Lipinski definition) is 2. The number of carbonyl (C=O) groups is 1. The van der Waals surface area contributed by atoms with Crippen molar-refractivity contribution in [2.24, 2.45) is 0 Å². The van der Waals surface area contributed by atoms with Crippen LogP contribution in [0.15, 0.2) is 22.9 Å². The number of nitrogens with two attached hydrogens (primary N) is 1. The SMILES string of the molecule is COCCNC(=O)c1ccn(-c2cc(O[C@@H](C)[C@@H]3[C@@H](OC)CCN3C)nc(-c3onc4c3CCC[C@@]43CCCc4sc(N)c(C#N)c43)n2)n1. The molecule has 4 atom stereocenters. The van der Waals surface area contributed by atoms with Gasteiger partial charge in [0, 0.05) is 55.4 Å². The van der Waals surface area contributed by atoms with Crippen molar-refractivity contribution in [3.63, 3.8) is 0 Å². The maximum atomic E-state index is 12.7. The predicted molar refractivity (Wildman–Crippen MR) is 181 cm³/mol. The molecule has 5 heterocycles. The summed E-state index contributed by atoms with van der Waals surface area (Å²) in [6, 6.07) is 5.74. The van der Waals surface area contributed by atoms with Gasteiger partial charge in [-0.3, -0.25) is 9.69 Å². The fourth-order valence-corrected chi connectivity index (χ4v) is 9.13. The van der Waals surface area contributed by atoms with Crippen molar-refractivity contribution in [2.75, 3.05) is 46.7 Å². The van der Waals surface area contributed by atoms with Crippen LogP contribution in [0.4, 0.5) is 5.00 Å². The molecule has 1 amide bonds. The number of carbonyl (C=O) groups excluding carboxylic acids is 1. The van der Waals surface area contributed by atoms with E-state index in [2.05, 4.69) is 28.4 Å². The number of rotatable bonds is 10. The molecule has 1 spiro atoms. The highest BCUT2D eigenvalue weighted by Gasteiger charge is 2.48. The van der Waals surface area contributed by atoms with Crippen molar-refractivity contribution in [3.05, 3.63) is 51.3 Å². The van der Waals surface area contributed by atoms with Crippen molar-refractivity contribution in [3.8, 4) is 29.4 Å². The summed E-state index contributed by atoms with van der Waals surface area (Å²) in [6.07, 6.45) is 7.52. The number of fused-ring (bicyclic) bond motifs is 4. The topological polar surface area (TPSA) is 179 Å². The second kappa shape index (κ2) is 13.5. The third kappa shape index (κ3) is 5.86. The molecule has 14 nitrogen and oxygen atoms in total. The lowest BCUT2D eigenvalue weighted by molar-refractivity contribution is 0.0174. The van der Waals surface area contributed by atoms with Crippen LogP contribution in [0.3, 0.4) is 0 Å². The van der Waals surface area contributed by atoms with Gasteiger partial charge in [-0.2, -0.15) is 15.3 Å². The molecule has 3 N–H and O–H groups in total. The van der Waals surface area contributed by atoms with Crippen LogP contribution in [0, 0.1) is 11.3 Å². The van der Waals surface area contributed by atoms with E-state index in [4.69, 9.17) is 39.6 Å². The summed E-state index contributed by atoms with van der Waals surface area (Å²) in [4.78, 5) is 25.9. The normalized spacial score (nSPS) is 22.4. The first-order chi connectivity index (χ1) is 23.8. The number of aryl methyl sites for hydroxylation is 1.